The van der Waals surface area contributed by atoms with Gasteiger partial charge in [-0.25, -0.2) is 29.8 Å². The van der Waals surface area contributed by atoms with Crippen LogP contribution in [-0.4, -0.2) is 328 Å². The lowest BCUT2D eigenvalue weighted by molar-refractivity contribution is -0.204. The number of hydrazine groups is 1. The van der Waals surface area contributed by atoms with Crippen LogP contribution >= 0.6 is 21.6 Å². The topological polar surface area (TPSA) is 668 Å². The summed E-state index contributed by atoms with van der Waals surface area (Å²) in [5, 5.41) is 99.4. The van der Waals surface area contributed by atoms with Crippen LogP contribution in [-0.2, 0) is 105 Å². The lowest BCUT2D eigenvalue weighted by Crippen LogP contribution is -2.82. The van der Waals surface area contributed by atoms with E-state index in [1.807, 2.05) is 75.6 Å². The molecule has 3 aromatic carbocycles. The number of amides is 8. The van der Waals surface area contributed by atoms with Crippen LogP contribution in [0.1, 0.15) is 130 Å². The van der Waals surface area contributed by atoms with E-state index < -0.39 is 203 Å². The number of benzene rings is 3. The molecule has 752 valence electrons. The second-order valence-corrected chi connectivity index (χ2v) is 37.0. The van der Waals surface area contributed by atoms with Gasteiger partial charge in [0, 0.05) is 114 Å². The largest absolute Gasteiger partial charge is 0.496 e. The second-order valence-electron chi connectivity index (χ2n) is 34.4. The number of para-hydroxylation sites is 1. The number of H-pyrrole nitrogens is 2. The van der Waals surface area contributed by atoms with E-state index in [-0.39, 0.29) is 98.9 Å². The van der Waals surface area contributed by atoms with Gasteiger partial charge in [-0.15, -0.1) is 0 Å². The highest BCUT2D eigenvalue weighted by Gasteiger charge is 2.79. The summed E-state index contributed by atoms with van der Waals surface area (Å²) in [5.41, 5.74) is 5.83. The number of carbonyl (C=O) groups is 13. The maximum Gasteiger partial charge on any atom is 0.426 e. The van der Waals surface area contributed by atoms with E-state index in [4.69, 9.17) is 38.9 Å². The Hall–Kier alpha value is -12.4. The van der Waals surface area contributed by atoms with Gasteiger partial charge in [-0.2, -0.15) is 4.98 Å². The molecule has 2 fully saturated rings. The number of nitrogen functional groups attached to an aromatic ring is 1. The molecule has 1 saturated carbocycles. The molecule has 46 nitrogen and oxygen atoms in total. The van der Waals surface area contributed by atoms with Gasteiger partial charge in [0.25, 0.3) is 17.4 Å². The number of aliphatic hydroxyl groups is 3. The molecule has 1 saturated heterocycles. The number of likely N-dealkylation sites (N-methyl/N-ethyl adjacent to an activating group) is 2. The number of carboxylic acids is 4. The van der Waals surface area contributed by atoms with Crippen molar-refractivity contribution in [2.24, 2.45) is 11.3 Å². The number of anilines is 3. The molecule has 3 aliphatic heterocycles. The van der Waals surface area contributed by atoms with E-state index >= 15 is 9.59 Å². The van der Waals surface area contributed by atoms with E-state index in [0.29, 0.717) is 92.4 Å². The Labute approximate surface area is 800 Å². The number of hydrogen-bond donors (Lipinski definition) is 20. The number of nitrogens with zero attached hydrogens (tertiary/aromatic N) is 5. The maximum atomic E-state index is 15.7. The van der Waals surface area contributed by atoms with E-state index in [9.17, 15) is 93.3 Å². The number of aliphatic carboxylic acids is 4. The summed E-state index contributed by atoms with van der Waals surface area (Å²) in [6.07, 6.45) is -0.376. The number of fused-ring (bicyclic) bond motifs is 3. The summed E-state index contributed by atoms with van der Waals surface area (Å²) >= 11 is 0. The molecule has 0 bridgehead atoms. The Kier molecular flexibility index (Phi) is 38.0. The van der Waals surface area contributed by atoms with Gasteiger partial charge in [0.05, 0.1) is 103 Å². The molecule has 0 radical (unpaired) electrons. The zero-order valence-electron chi connectivity index (χ0n) is 77.9. The lowest BCUT2D eigenvalue weighted by atomic mass is 9.47. The van der Waals surface area contributed by atoms with Crippen molar-refractivity contribution < 1.29 is 131 Å². The Bertz CT molecular complexity index is 5480. The lowest BCUT2D eigenvalue weighted by Gasteiger charge is -2.63. The first-order valence-electron chi connectivity index (χ1n) is 44.9. The van der Waals surface area contributed by atoms with Crippen molar-refractivity contribution in [3.63, 3.8) is 0 Å². The molecule has 14 atom stereocenters. The van der Waals surface area contributed by atoms with Crippen molar-refractivity contribution in [2.75, 3.05) is 142 Å². The number of carboxylic acid groups (broad SMARTS) is 4. The van der Waals surface area contributed by atoms with Gasteiger partial charge in [0.1, 0.15) is 54.1 Å². The summed E-state index contributed by atoms with van der Waals surface area (Å²) < 4.78 is 38.9. The highest BCUT2D eigenvalue weighted by atomic mass is 33.1. The third-order valence-corrected chi connectivity index (χ3v) is 27.6. The number of nitrogens with two attached hydrogens (primary N) is 1. The predicted molar refractivity (Wildman–Crippen MR) is 501 cm³/mol. The minimum absolute atomic E-state index is 0.0226. The molecular formula is C90H122N18O28S2. The molecular weight excluding hydrogens is 1850 g/mol. The zero-order valence-corrected chi connectivity index (χ0v) is 79.6. The predicted octanol–water partition coefficient (Wildman–Crippen LogP) is 0.376. The Morgan fingerprint density at radius 2 is 1.39 bits per heavy atom. The van der Waals surface area contributed by atoms with E-state index in [1.54, 1.807) is 24.9 Å². The second kappa shape index (κ2) is 48.8. The molecule has 8 amide bonds. The van der Waals surface area contributed by atoms with E-state index in [2.05, 4.69) is 77.9 Å². The molecule has 6 heterocycles. The summed E-state index contributed by atoms with van der Waals surface area (Å²) in [6, 6.07) is 5.34. The number of rotatable bonds is 55. The molecule has 1 unspecified atom stereocenters. The molecule has 48 heteroatoms. The van der Waals surface area contributed by atoms with Crippen LogP contribution in [0.5, 0.6) is 5.75 Å². The molecule has 138 heavy (non-hydrogen) atoms. The van der Waals surface area contributed by atoms with Crippen LogP contribution in [0.25, 0.3) is 22.1 Å². The van der Waals surface area contributed by atoms with Crippen LogP contribution in [0.2, 0.25) is 0 Å². The molecule has 1 aliphatic carbocycles. The van der Waals surface area contributed by atoms with Crippen LogP contribution in [0.3, 0.4) is 0 Å². The number of ether oxygens (including phenoxy) is 7. The number of aliphatic hydroxyl groups excluding tert-OH is 1. The number of nitrogens with one attached hydrogen (secondary N) is 12. The fourth-order valence-electron chi connectivity index (χ4n) is 18.7. The van der Waals surface area contributed by atoms with Crippen LogP contribution in [0, 0.1) is 11.3 Å². The average Bonchev–Trinajstić information content (AvgIpc) is 1.47. The molecule has 6 aromatic rings. The third-order valence-electron chi connectivity index (χ3n) is 25.2. The van der Waals surface area contributed by atoms with Gasteiger partial charge in [-0.1, -0.05) is 72.7 Å². The van der Waals surface area contributed by atoms with Crippen molar-refractivity contribution in [3.05, 3.63) is 123 Å². The van der Waals surface area contributed by atoms with Crippen molar-refractivity contribution in [1.82, 2.24) is 77.9 Å². The molecule has 3 aromatic heterocycles. The van der Waals surface area contributed by atoms with Gasteiger partial charge >= 0.3 is 35.9 Å². The summed E-state index contributed by atoms with van der Waals surface area (Å²) in [5.74, 6) is -16.4. The number of carbonyl (C=O) groups excluding carboxylic acids is 9. The van der Waals surface area contributed by atoms with Crippen molar-refractivity contribution in [1.29, 1.82) is 0 Å². The molecule has 21 N–H and O–H groups in total. The van der Waals surface area contributed by atoms with Gasteiger partial charge < -0.3 is 127 Å². The molecule has 10 rings (SSSR count). The number of aromatic amines is 2. The Balaban J connectivity index is 0.769. The normalized spacial score (nSPS) is 20.1. The highest BCUT2D eigenvalue weighted by Crippen LogP contribution is 2.68. The van der Waals surface area contributed by atoms with Gasteiger partial charge in [0.15, 0.2) is 16.8 Å². The first kappa shape index (κ1) is 108. The number of esters is 1. The quantitative estimate of drug-likeness (QED) is 0.00806. The van der Waals surface area contributed by atoms with Gasteiger partial charge in [0.2, 0.25) is 35.5 Å². The van der Waals surface area contributed by atoms with E-state index in [0.717, 1.165) is 38.1 Å². The highest BCUT2D eigenvalue weighted by molar-refractivity contribution is 8.76. The molecule has 4 aliphatic rings. The summed E-state index contributed by atoms with van der Waals surface area (Å²) in [6.45, 7) is 8.97. The first-order valence-corrected chi connectivity index (χ1v) is 47.4. The number of aromatic nitrogens is 5. The Morgan fingerprint density at radius 3 is 2.02 bits per heavy atom. The smallest absolute Gasteiger partial charge is 0.426 e. The SMILES string of the molecule is CC[C@](C)(O)C[C@@H](C)C[C@](C(=O)OC)(c1cc2c(cc1OC)N(C)[C@H]1[C@@](O)(C(=O)NNC(=O)OCCSSCC(NC(=O)[C@H](CC(=O)O)NC(=O)[C@H](CC(=O)O)NC(=O)[C@H](CNC(=O)CCOCCOCCOCCOC)NC(=O)CC[C@H](NC(=O)c3ccc(NCc4cnc5nc(N)[nH]c(=O)c5n4)cc3)C(=O)O)C(=O)O)[C@H](O)[C@]3(CC)C=CCN4CC[C@]21[C@@H]43)c1[nH]c2ccccc2c1CCNC. The van der Waals surface area contributed by atoms with Crippen molar-refractivity contribution >= 4 is 138 Å². The van der Waals surface area contributed by atoms with Crippen molar-refractivity contribution in [3.8, 4) is 5.75 Å². The van der Waals surface area contributed by atoms with E-state index in [1.165, 1.54) is 51.8 Å². The fraction of sp³-hybridized carbons (Fsp3) is 0.544. The Morgan fingerprint density at radius 1 is 0.739 bits per heavy atom. The van der Waals surface area contributed by atoms with Crippen LogP contribution in [0.15, 0.2) is 83.8 Å². The maximum absolute atomic E-state index is 15.7. The van der Waals surface area contributed by atoms with Gasteiger partial charge in [-0.3, -0.25) is 68.0 Å². The molecule has 1 spiro atoms. The fourth-order valence-corrected chi connectivity index (χ4v) is 20.7. The number of hydrogen-bond acceptors (Lipinski definition) is 34. The average molecular weight is 1970 g/mol. The standard InChI is InChI=1S/C90H122N18O28S2/c1-10-86(4,128)43-49(3)44-89(83(126)132-9,70-54(23-27-92-5)53-15-12-13-16-57(53)98-70)56-39-55-63(42-64(56)131-8)107(6)80-88(55)26-29-108-28-14-25-87(11-2,79(88)108)81(124)90(80,129)82(125)105-106-85(127)136-37-38-137-138-48-62(78(122)123)102-74(117)60(41-68(113)114)100-73(116)59(40-67(111)112)101-75(118)61(47-94-65(109)24-30-133-33-34-135-36-35-134-32-31-130-7)97-66(110)22-21-58(77(120)121)99-72(115)50-17-19-51(20-18-50)93-45-52-46-95-71-69(96-52)76(119)104-84(91)103-71/h12-20,25,39,42,46,49,58-62,79-81,92-93,98,124,128-129H,10-11,21-24,26-38,40-41,43-45,47-48H2,1-9H3,(H,94,109)(H,97,110)(H,99,115)(H,100,116)(H,101,118)(H,102,117)(H,105,125)(H,106,127)(H,111,112)(H,113,114)(H,120,121)(H,122,123)(H3,91,95,103,104,119)/t49-,58+,59+,60+,61+,62?,79+,80-,81-,86+,87-,88-,89+,90+/m1/s1. The third kappa shape index (κ3) is 25.4. The summed E-state index contributed by atoms with van der Waals surface area (Å²) in [4.78, 5) is 212. The zero-order chi connectivity index (χ0) is 101. The van der Waals surface area contributed by atoms with Crippen LogP contribution < -0.4 is 74.3 Å². The van der Waals surface area contributed by atoms with Gasteiger partial charge in [-0.05, 0) is 125 Å². The minimum Gasteiger partial charge on any atom is -0.496 e. The summed E-state index contributed by atoms with van der Waals surface area (Å²) in [7, 11) is 9.59. The minimum atomic E-state index is -2.77. The van der Waals surface area contributed by atoms with Crippen LogP contribution in [0.4, 0.5) is 22.1 Å². The monoisotopic (exact) mass is 1970 g/mol. The van der Waals surface area contributed by atoms with Crippen molar-refractivity contribution in [2.45, 2.75) is 175 Å². The number of methoxy groups -OCH3 is 3. The first-order chi connectivity index (χ1) is 65.8.